The maximum absolute atomic E-state index is 5.47. The van der Waals surface area contributed by atoms with E-state index in [-0.39, 0.29) is 0 Å². The molecular weight excluding hydrogens is 378 g/mol. The van der Waals surface area contributed by atoms with Crippen molar-refractivity contribution >= 4 is 17.3 Å². The molecule has 1 aliphatic rings. The first-order valence-electron chi connectivity index (χ1n) is 10.0. The summed E-state index contributed by atoms with van der Waals surface area (Å²) < 4.78 is 7.56. The Hall–Kier alpha value is -3.52. The maximum atomic E-state index is 5.47. The van der Waals surface area contributed by atoms with Crippen molar-refractivity contribution in [1.82, 2.24) is 24.3 Å². The number of hydrogen-bond donors (Lipinski definition) is 1. The minimum Gasteiger partial charge on any atom is -0.378 e. The highest BCUT2D eigenvalue weighted by atomic mass is 16.5. The summed E-state index contributed by atoms with van der Waals surface area (Å²) in [6, 6.07) is 8.43. The zero-order chi connectivity index (χ0) is 20.3. The van der Waals surface area contributed by atoms with E-state index in [9.17, 15) is 0 Å². The van der Waals surface area contributed by atoms with Crippen molar-refractivity contribution in [1.29, 1.82) is 0 Å². The number of aromatic nitrogens is 5. The number of aryl methyl sites for hydroxylation is 1. The Morgan fingerprint density at radius 1 is 1.03 bits per heavy atom. The van der Waals surface area contributed by atoms with Gasteiger partial charge in [-0.2, -0.15) is 0 Å². The lowest BCUT2D eigenvalue weighted by Crippen LogP contribution is -2.37. The number of rotatable bonds is 5. The lowest BCUT2D eigenvalue weighted by Gasteiger charge is -2.27. The fourth-order valence-electron chi connectivity index (χ4n) is 3.74. The predicted octanol–water partition coefficient (Wildman–Crippen LogP) is 2.94. The van der Waals surface area contributed by atoms with Crippen LogP contribution in [0.2, 0.25) is 0 Å². The Bertz CT molecular complexity index is 1140. The van der Waals surface area contributed by atoms with Gasteiger partial charge in [0.05, 0.1) is 18.9 Å². The topological polar surface area (TPSA) is 80.5 Å². The average molecular weight is 401 g/mol. The van der Waals surface area contributed by atoms with Crippen molar-refractivity contribution in [2.24, 2.45) is 0 Å². The molecule has 8 nitrogen and oxygen atoms in total. The van der Waals surface area contributed by atoms with Crippen molar-refractivity contribution in [2.75, 3.05) is 36.5 Å². The van der Waals surface area contributed by atoms with Gasteiger partial charge >= 0.3 is 0 Å². The molecule has 0 amide bonds. The molecule has 1 aliphatic heterocycles. The number of benzene rings is 1. The highest BCUT2D eigenvalue weighted by Crippen LogP contribution is 2.25. The molecule has 1 aromatic carbocycles. The van der Waals surface area contributed by atoms with Gasteiger partial charge in [0.2, 0.25) is 0 Å². The Morgan fingerprint density at radius 2 is 1.80 bits per heavy atom. The van der Waals surface area contributed by atoms with Gasteiger partial charge in [-0.1, -0.05) is 24.3 Å². The Balaban J connectivity index is 1.36. The fourth-order valence-corrected chi connectivity index (χ4v) is 3.74. The van der Waals surface area contributed by atoms with Gasteiger partial charge in [-0.3, -0.25) is 4.40 Å². The quantitative estimate of drug-likeness (QED) is 0.551. The van der Waals surface area contributed by atoms with E-state index in [1.165, 1.54) is 5.56 Å². The summed E-state index contributed by atoms with van der Waals surface area (Å²) in [5.74, 6) is 1.90. The van der Waals surface area contributed by atoms with Crippen LogP contribution in [-0.4, -0.2) is 50.6 Å². The van der Waals surface area contributed by atoms with E-state index < -0.39 is 0 Å². The second kappa shape index (κ2) is 8.08. The van der Waals surface area contributed by atoms with E-state index in [4.69, 9.17) is 9.72 Å². The molecule has 0 radical (unpaired) electrons. The highest BCUT2D eigenvalue weighted by molar-refractivity contribution is 5.69. The van der Waals surface area contributed by atoms with Crippen molar-refractivity contribution in [3.63, 3.8) is 0 Å². The summed E-state index contributed by atoms with van der Waals surface area (Å²) in [5, 5.41) is 3.55. The van der Waals surface area contributed by atoms with Crippen molar-refractivity contribution in [2.45, 2.75) is 13.5 Å². The van der Waals surface area contributed by atoms with Gasteiger partial charge in [-0.05, 0) is 18.1 Å². The van der Waals surface area contributed by atoms with E-state index in [0.717, 1.165) is 60.4 Å². The van der Waals surface area contributed by atoms with Crippen molar-refractivity contribution < 1.29 is 4.74 Å². The first-order chi connectivity index (χ1) is 14.8. The third kappa shape index (κ3) is 3.57. The van der Waals surface area contributed by atoms with Crippen LogP contribution in [0.1, 0.15) is 11.3 Å². The Labute approximate surface area is 174 Å². The van der Waals surface area contributed by atoms with Gasteiger partial charge in [0.15, 0.2) is 11.5 Å². The van der Waals surface area contributed by atoms with Gasteiger partial charge in [0.25, 0.3) is 0 Å². The summed E-state index contributed by atoms with van der Waals surface area (Å²) in [6.07, 6.45) is 8.98. The molecule has 1 fully saturated rings. The van der Waals surface area contributed by atoms with Gasteiger partial charge in [-0.15, -0.1) is 0 Å². The van der Waals surface area contributed by atoms with E-state index in [1.807, 2.05) is 31.7 Å². The highest BCUT2D eigenvalue weighted by Gasteiger charge is 2.19. The smallest absolute Gasteiger partial charge is 0.182 e. The lowest BCUT2D eigenvalue weighted by molar-refractivity contribution is 0.122. The number of nitrogens with zero attached hydrogens (tertiary/aromatic N) is 6. The third-order valence-corrected chi connectivity index (χ3v) is 5.32. The van der Waals surface area contributed by atoms with Crippen LogP contribution in [0.25, 0.3) is 16.8 Å². The predicted molar refractivity (Wildman–Crippen MR) is 116 cm³/mol. The minimum absolute atomic E-state index is 0.704. The van der Waals surface area contributed by atoms with Crippen LogP contribution in [0, 0.1) is 6.92 Å². The number of morpholine rings is 1. The summed E-state index contributed by atoms with van der Waals surface area (Å²) >= 11 is 0. The summed E-state index contributed by atoms with van der Waals surface area (Å²) in [5.41, 5.74) is 5.13. The molecule has 4 heterocycles. The van der Waals surface area contributed by atoms with E-state index >= 15 is 0 Å². The van der Waals surface area contributed by atoms with Crippen LogP contribution in [0.5, 0.6) is 0 Å². The Morgan fingerprint density at radius 3 is 2.57 bits per heavy atom. The zero-order valence-electron chi connectivity index (χ0n) is 16.8. The molecule has 0 unspecified atom stereocenters. The van der Waals surface area contributed by atoms with Gasteiger partial charge < -0.3 is 15.0 Å². The van der Waals surface area contributed by atoms with Crippen molar-refractivity contribution in [3.8, 4) is 11.1 Å². The molecule has 0 atom stereocenters. The number of ether oxygens (including phenoxy) is 1. The standard InChI is InChI=1S/C22H23N7O/c1-16-20(26-12-17-2-4-18(5-3-17)19-13-23-15-24-14-19)29-7-6-25-21(22(29)27-16)28-8-10-30-11-9-28/h2-7,13-15,26H,8-12H2,1H3. The fraction of sp³-hybridized carbons (Fsp3) is 0.273. The zero-order valence-corrected chi connectivity index (χ0v) is 16.8. The Kier molecular flexibility index (Phi) is 4.98. The number of nitrogens with one attached hydrogen (secondary N) is 1. The largest absolute Gasteiger partial charge is 0.378 e. The van der Waals surface area contributed by atoms with Crippen LogP contribution in [0.15, 0.2) is 55.4 Å². The normalized spacial score (nSPS) is 14.2. The number of imidazole rings is 1. The van der Waals surface area contributed by atoms with Gasteiger partial charge in [0, 0.05) is 50.0 Å². The maximum Gasteiger partial charge on any atom is 0.182 e. The molecule has 1 N–H and O–H groups in total. The monoisotopic (exact) mass is 401 g/mol. The molecule has 1 saturated heterocycles. The SMILES string of the molecule is Cc1nc2c(N3CCOCC3)nccn2c1NCc1ccc(-c2cncnc2)cc1. The first-order valence-corrected chi connectivity index (χ1v) is 10.0. The molecule has 152 valence electrons. The molecule has 3 aromatic heterocycles. The summed E-state index contributed by atoms with van der Waals surface area (Å²) in [4.78, 5) is 19.8. The molecular formula is C22H23N7O. The summed E-state index contributed by atoms with van der Waals surface area (Å²) in [6.45, 7) is 5.84. The molecule has 0 spiro atoms. The molecule has 0 aliphatic carbocycles. The molecule has 8 heteroatoms. The summed E-state index contributed by atoms with van der Waals surface area (Å²) in [7, 11) is 0. The second-order valence-corrected chi connectivity index (χ2v) is 7.27. The molecule has 0 bridgehead atoms. The number of fused-ring (bicyclic) bond motifs is 1. The molecule has 0 saturated carbocycles. The molecule has 5 rings (SSSR count). The van der Waals surface area contributed by atoms with E-state index in [0.29, 0.717) is 6.54 Å². The van der Waals surface area contributed by atoms with Crippen LogP contribution in [0.3, 0.4) is 0 Å². The van der Waals surface area contributed by atoms with Crippen LogP contribution >= 0.6 is 0 Å². The lowest BCUT2D eigenvalue weighted by atomic mass is 10.1. The van der Waals surface area contributed by atoms with E-state index in [1.54, 1.807) is 6.33 Å². The molecule has 30 heavy (non-hydrogen) atoms. The number of anilines is 2. The first kappa shape index (κ1) is 18.5. The molecule has 4 aromatic rings. The van der Waals surface area contributed by atoms with Crippen LogP contribution in [0.4, 0.5) is 11.6 Å². The average Bonchev–Trinajstić information content (AvgIpc) is 3.14. The van der Waals surface area contributed by atoms with Gasteiger partial charge in [-0.25, -0.2) is 19.9 Å². The second-order valence-electron chi connectivity index (χ2n) is 7.27. The third-order valence-electron chi connectivity index (χ3n) is 5.32. The van der Waals surface area contributed by atoms with Gasteiger partial charge in [0.1, 0.15) is 12.1 Å². The van der Waals surface area contributed by atoms with Crippen molar-refractivity contribution in [3.05, 3.63) is 66.6 Å². The number of hydrogen-bond acceptors (Lipinski definition) is 7. The van der Waals surface area contributed by atoms with Crippen LogP contribution < -0.4 is 10.2 Å². The van der Waals surface area contributed by atoms with E-state index in [2.05, 4.69) is 53.8 Å². The van der Waals surface area contributed by atoms with Crippen LogP contribution in [-0.2, 0) is 11.3 Å². The minimum atomic E-state index is 0.704.